The molecule has 0 saturated carbocycles. The van der Waals surface area contributed by atoms with Crippen LogP contribution in [0.25, 0.3) is 11.4 Å². The molecule has 1 amide bonds. The maximum Gasteiger partial charge on any atom is 0.338 e. The Bertz CT molecular complexity index is 1030. The van der Waals surface area contributed by atoms with Gasteiger partial charge < -0.3 is 19.8 Å². The number of anilines is 1. The number of hydrogen-bond donors (Lipinski definition) is 2. The van der Waals surface area contributed by atoms with Gasteiger partial charge in [-0.1, -0.05) is 23.7 Å². The topological polar surface area (TPSA) is 93.3 Å². The van der Waals surface area contributed by atoms with Gasteiger partial charge in [0.1, 0.15) is 11.6 Å². The van der Waals surface area contributed by atoms with Crippen molar-refractivity contribution >= 4 is 29.2 Å². The fraction of sp³-hybridized carbons (Fsp3) is 0.190. The summed E-state index contributed by atoms with van der Waals surface area (Å²) < 4.78 is 10.1. The summed E-state index contributed by atoms with van der Waals surface area (Å²) in [6, 6.07) is 11.6. The van der Waals surface area contributed by atoms with E-state index in [1.807, 2.05) is 13.8 Å². The van der Waals surface area contributed by atoms with E-state index >= 15 is 0 Å². The number of methoxy groups -OCH3 is 1. The van der Waals surface area contributed by atoms with Crippen LogP contribution in [0.15, 0.2) is 42.5 Å². The van der Waals surface area contributed by atoms with Crippen molar-refractivity contribution in [3.63, 3.8) is 0 Å². The van der Waals surface area contributed by atoms with Crippen LogP contribution in [0.1, 0.15) is 21.7 Å². The van der Waals surface area contributed by atoms with Gasteiger partial charge in [-0.3, -0.25) is 4.79 Å². The summed E-state index contributed by atoms with van der Waals surface area (Å²) in [5.74, 6) is 0.167. The average molecular weight is 414 g/mol. The third-order valence-corrected chi connectivity index (χ3v) is 4.59. The molecule has 0 saturated heterocycles. The summed E-state index contributed by atoms with van der Waals surface area (Å²) in [6.45, 7) is 3.45. The number of H-pyrrole nitrogens is 1. The zero-order chi connectivity index (χ0) is 21.0. The lowest BCUT2D eigenvalue weighted by molar-refractivity contribution is -0.119. The van der Waals surface area contributed by atoms with Crippen molar-refractivity contribution in [2.24, 2.45) is 0 Å². The largest absolute Gasteiger partial charge is 0.495 e. The average Bonchev–Trinajstić information content (AvgIpc) is 3.05. The van der Waals surface area contributed by atoms with Crippen molar-refractivity contribution in [3.8, 4) is 17.1 Å². The number of nitrogens with zero attached hydrogens (tertiary/aromatic N) is 1. The highest BCUT2D eigenvalue weighted by molar-refractivity contribution is 6.32. The minimum absolute atomic E-state index is 0.342. The van der Waals surface area contributed by atoms with E-state index in [1.54, 1.807) is 42.5 Å². The van der Waals surface area contributed by atoms with Crippen LogP contribution >= 0.6 is 11.6 Å². The molecule has 0 fully saturated rings. The summed E-state index contributed by atoms with van der Waals surface area (Å²) in [5.41, 5.74) is 3.59. The van der Waals surface area contributed by atoms with Crippen LogP contribution in [0.3, 0.4) is 0 Å². The molecule has 0 aliphatic carbocycles. The van der Waals surface area contributed by atoms with Gasteiger partial charge in [-0.05, 0) is 44.2 Å². The highest BCUT2D eigenvalue weighted by Gasteiger charge is 2.12. The Balaban J connectivity index is 1.56. The first-order valence-corrected chi connectivity index (χ1v) is 9.19. The number of carbonyl (C=O) groups is 2. The molecule has 0 bridgehead atoms. The minimum atomic E-state index is -0.591. The van der Waals surface area contributed by atoms with Crippen LogP contribution < -0.4 is 10.1 Å². The van der Waals surface area contributed by atoms with Crippen LogP contribution in [0, 0.1) is 13.8 Å². The van der Waals surface area contributed by atoms with Crippen molar-refractivity contribution in [1.82, 2.24) is 9.97 Å². The molecule has 29 heavy (non-hydrogen) atoms. The van der Waals surface area contributed by atoms with Crippen molar-refractivity contribution in [2.75, 3.05) is 19.0 Å². The van der Waals surface area contributed by atoms with Gasteiger partial charge in [0.05, 0.1) is 23.4 Å². The molecular weight excluding hydrogens is 394 g/mol. The molecular formula is C21H20ClN3O4. The van der Waals surface area contributed by atoms with E-state index < -0.39 is 18.5 Å². The second-order valence-electron chi connectivity index (χ2n) is 6.35. The standard InChI is InChI=1S/C21H20ClN3O4/c1-12-13(2)24-20(23-12)14-4-6-15(7-5-14)21(27)29-11-19(26)25-16-8-9-18(28-3)17(22)10-16/h4-10H,11H2,1-3H3,(H,23,24)(H,25,26). The smallest absolute Gasteiger partial charge is 0.338 e. The molecule has 0 unspecified atom stereocenters. The van der Waals surface area contributed by atoms with Gasteiger partial charge in [0.25, 0.3) is 5.91 Å². The van der Waals surface area contributed by atoms with E-state index in [4.69, 9.17) is 21.1 Å². The lowest BCUT2D eigenvalue weighted by atomic mass is 10.1. The number of carbonyl (C=O) groups excluding carboxylic acids is 2. The molecule has 3 rings (SSSR count). The van der Waals surface area contributed by atoms with Crippen molar-refractivity contribution in [1.29, 1.82) is 0 Å². The highest BCUT2D eigenvalue weighted by atomic mass is 35.5. The van der Waals surface area contributed by atoms with Crippen LogP contribution in [0.2, 0.25) is 5.02 Å². The molecule has 0 atom stereocenters. The number of nitrogens with one attached hydrogen (secondary N) is 2. The number of benzene rings is 2. The zero-order valence-electron chi connectivity index (χ0n) is 16.2. The van der Waals surface area contributed by atoms with E-state index in [-0.39, 0.29) is 0 Å². The van der Waals surface area contributed by atoms with Crippen LogP contribution in [-0.2, 0) is 9.53 Å². The predicted molar refractivity (Wildman–Crippen MR) is 110 cm³/mol. The molecule has 1 aromatic heterocycles. The fourth-order valence-corrected chi connectivity index (χ4v) is 2.86. The summed E-state index contributed by atoms with van der Waals surface area (Å²) in [4.78, 5) is 31.8. The van der Waals surface area contributed by atoms with E-state index in [0.717, 1.165) is 22.8 Å². The quantitative estimate of drug-likeness (QED) is 0.592. The number of imidazole rings is 1. The molecule has 2 N–H and O–H groups in total. The van der Waals surface area contributed by atoms with Gasteiger partial charge in [-0.15, -0.1) is 0 Å². The van der Waals surface area contributed by atoms with Gasteiger partial charge in [-0.25, -0.2) is 9.78 Å². The third kappa shape index (κ3) is 4.94. The molecule has 0 spiro atoms. The first-order chi connectivity index (χ1) is 13.9. The first-order valence-electron chi connectivity index (χ1n) is 8.81. The number of rotatable bonds is 6. The van der Waals surface area contributed by atoms with Gasteiger partial charge in [0.2, 0.25) is 0 Å². The first kappa shape index (κ1) is 20.4. The lowest BCUT2D eigenvalue weighted by Gasteiger charge is -2.09. The van der Waals surface area contributed by atoms with Crippen molar-refractivity contribution in [3.05, 3.63) is 64.4 Å². The van der Waals surface area contributed by atoms with E-state index in [2.05, 4.69) is 15.3 Å². The Morgan fingerprint density at radius 2 is 1.86 bits per heavy atom. The zero-order valence-corrected chi connectivity index (χ0v) is 17.0. The molecule has 0 aliphatic rings. The monoisotopic (exact) mass is 413 g/mol. The minimum Gasteiger partial charge on any atom is -0.495 e. The second-order valence-corrected chi connectivity index (χ2v) is 6.75. The van der Waals surface area contributed by atoms with Crippen molar-refractivity contribution < 1.29 is 19.1 Å². The number of esters is 1. The van der Waals surface area contributed by atoms with Crippen LogP contribution in [0.5, 0.6) is 5.75 Å². The number of halogens is 1. The highest BCUT2D eigenvalue weighted by Crippen LogP contribution is 2.27. The summed E-state index contributed by atoms with van der Waals surface area (Å²) >= 11 is 6.02. The molecule has 2 aromatic carbocycles. The summed E-state index contributed by atoms with van der Waals surface area (Å²) in [6.07, 6.45) is 0. The number of aromatic amines is 1. The Kier molecular flexibility index (Phi) is 6.19. The SMILES string of the molecule is COc1ccc(NC(=O)COC(=O)c2ccc(-c3nc(C)c(C)[nH]3)cc2)cc1Cl. The molecule has 1 heterocycles. The van der Waals surface area contributed by atoms with Crippen LogP contribution in [-0.4, -0.2) is 35.6 Å². The van der Waals surface area contributed by atoms with E-state index in [9.17, 15) is 9.59 Å². The Morgan fingerprint density at radius 3 is 2.45 bits per heavy atom. The maximum absolute atomic E-state index is 12.2. The normalized spacial score (nSPS) is 10.5. The van der Waals surface area contributed by atoms with Gasteiger partial charge in [-0.2, -0.15) is 0 Å². The Labute approximate surface area is 173 Å². The van der Waals surface area contributed by atoms with Gasteiger partial charge in [0, 0.05) is 16.9 Å². The number of aryl methyl sites for hydroxylation is 2. The molecule has 0 radical (unpaired) electrons. The molecule has 0 aliphatic heterocycles. The van der Waals surface area contributed by atoms with Crippen LogP contribution in [0.4, 0.5) is 5.69 Å². The molecule has 7 nitrogen and oxygen atoms in total. The second kappa shape index (κ2) is 8.79. The number of amides is 1. The number of hydrogen-bond acceptors (Lipinski definition) is 5. The summed E-state index contributed by atoms with van der Waals surface area (Å²) in [5, 5.41) is 2.98. The summed E-state index contributed by atoms with van der Waals surface area (Å²) in [7, 11) is 1.50. The number of ether oxygens (including phenoxy) is 2. The van der Waals surface area contributed by atoms with Crippen molar-refractivity contribution in [2.45, 2.75) is 13.8 Å². The predicted octanol–water partition coefficient (Wildman–Crippen LogP) is 4.15. The lowest BCUT2D eigenvalue weighted by Crippen LogP contribution is -2.20. The van der Waals surface area contributed by atoms with Gasteiger partial charge in [0.15, 0.2) is 6.61 Å². The fourth-order valence-electron chi connectivity index (χ4n) is 2.60. The Hall–Kier alpha value is -3.32. The number of aromatic nitrogens is 2. The van der Waals surface area contributed by atoms with Gasteiger partial charge >= 0.3 is 5.97 Å². The Morgan fingerprint density at radius 1 is 1.14 bits per heavy atom. The maximum atomic E-state index is 12.2. The molecule has 8 heteroatoms. The third-order valence-electron chi connectivity index (χ3n) is 4.29. The molecule has 3 aromatic rings. The van der Waals surface area contributed by atoms with E-state index in [0.29, 0.717) is 22.0 Å². The van der Waals surface area contributed by atoms with E-state index in [1.165, 1.54) is 7.11 Å². The molecule has 150 valence electrons.